The number of hydrogen-bond donors (Lipinski definition) is 1. The second-order valence-corrected chi connectivity index (χ2v) is 6.62. The van der Waals surface area contributed by atoms with Gasteiger partial charge in [-0.05, 0) is 12.3 Å². The molecule has 1 aromatic heterocycles. The van der Waals surface area contributed by atoms with Gasteiger partial charge in [-0.2, -0.15) is 0 Å². The second kappa shape index (κ2) is 5.96. The zero-order chi connectivity index (χ0) is 13.1. The van der Waals surface area contributed by atoms with E-state index in [1.807, 2.05) is 5.38 Å². The number of aromatic nitrogens is 1. The van der Waals surface area contributed by atoms with E-state index in [-0.39, 0.29) is 5.41 Å². The Morgan fingerprint density at radius 2 is 1.88 bits per heavy atom. The van der Waals surface area contributed by atoms with E-state index in [1.54, 1.807) is 11.3 Å². The molecule has 3 heteroatoms. The van der Waals surface area contributed by atoms with Crippen molar-refractivity contribution >= 4 is 11.3 Å². The van der Waals surface area contributed by atoms with Crippen molar-refractivity contribution in [1.29, 1.82) is 0 Å². The first-order valence-electron chi connectivity index (χ1n) is 6.52. The number of aliphatic hydroxyl groups excluding tert-OH is 1. The normalized spacial score (nSPS) is 14.3. The lowest BCUT2D eigenvalue weighted by atomic mass is 9.95. The van der Waals surface area contributed by atoms with Crippen molar-refractivity contribution in [2.45, 2.75) is 65.4 Å². The van der Waals surface area contributed by atoms with Crippen molar-refractivity contribution < 1.29 is 5.11 Å². The predicted molar refractivity (Wildman–Crippen MR) is 74.5 cm³/mol. The molecule has 0 aliphatic carbocycles. The van der Waals surface area contributed by atoms with Gasteiger partial charge in [-0.1, -0.05) is 47.5 Å². The van der Waals surface area contributed by atoms with E-state index in [0.717, 1.165) is 30.0 Å². The Morgan fingerprint density at radius 3 is 2.29 bits per heavy atom. The lowest BCUT2D eigenvalue weighted by molar-refractivity contribution is 0.137. The van der Waals surface area contributed by atoms with E-state index in [9.17, 15) is 5.11 Å². The van der Waals surface area contributed by atoms with Gasteiger partial charge in [0.15, 0.2) is 0 Å². The highest BCUT2D eigenvalue weighted by atomic mass is 32.1. The van der Waals surface area contributed by atoms with Gasteiger partial charge >= 0.3 is 0 Å². The Kier molecular flexibility index (Phi) is 5.14. The molecule has 1 atom stereocenters. The molecular weight excluding hydrogens is 230 g/mol. The zero-order valence-corrected chi connectivity index (χ0v) is 12.5. The summed E-state index contributed by atoms with van der Waals surface area (Å²) in [5.74, 6) is 0.602. The largest absolute Gasteiger partial charge is 0.387 e. The molecule has 0 spiro atoms. The summed E-state index contributed by atoms with van der Waals surface area (Å²) in [6, 6.07) is 0. The van der Waals surface area contributed by atoms with Crippen LogP contribution in [-0.4, -0.2) is 10.1 Å². The van der Waals surface area contributed by atoms with Gasteiger partial charge in [-0.3, -0.25) is 0 Å². The third kappa shape index (κ3) is 4.07. The van der Waals surface area contributed by atoms with Crippen molar-refractivity contribution in [3.63, 3.8) is 0 Å². The Balaban J connectivity index is 2.70. The van der Waals surface area contributed by atoms with Gasteiger partial charge in [-0.15, -0.1) is 11.3 Å². The zero-order valence-electron chi connectivity index (χ0n) is 11.7. The molecule has 0 aliphatic heterocycles. The number of hydrogen-bond acceptors (Lipinski definition) is 3. The summed E-state index contributed by atoms with van der Waals surface area (Å²) < 4.78 is 0. The number of thiazole rings is 1. The van der Waals surface area contributed by atoms with Gasteiger partial charge in [0.1, 0.15) is 0 Å². The molecule has 0 amide bonds. The van der Waals surface area contributed by atoms with Crippen LogP contribution in [0.3, 0.4) is 0 Å². The molecule has 0 fully saturated rings. The second-order valence-electron chi connectivity index (χ2n) is 5.76. The maximum absolute atomic E-state index is 10.2. The first-order chi connectivity index (χ1) is 7.88. The first-order valence-corrected chi connectivity index (χ1v) is 7.40. The van der Waals surface area contributed by atoms with E-state index in [4.69, 9.17) is 0 Å². The summed E-state index contributed by atoms with van der Waals surface area (Å²) in [6.45, 7) is 10.8. The van der Waals surface area contributed by atoms with E-state index in [0.29, 0.717) is 5.92 Å². The van der Waals surface area contributed by atoms with Gasteiger partial charge in [-0.25, -0.2) is 4.98 Å². The summed E-state index contributed by atoms with van der Waals surface area (Å²) in [4.78, 5) is 4.57. The van der Waals surface area contributed by atoms with Crippen molar-refractivity contribution in [1.82, 2.24) is 4.98 Å². The Morgan fingerprint density at radius 1 is 1.29 bits per heavy atom. The van der Waals surface area contributed by atoms with Crippen LogP contribution in [0.2, 0.25) is 0 Å². The van der Waals surface area contributed by atoms with E-state index < -0.39 is 6.10 Å². The molecule has 1 heterocycles. The smallest absolute Gasteiger partial charge is 0.0983 e. The fourth-order valence-electron chi connectivity index (χ4n) is 1.84. The molecule has 2 nitrogen and oxygen atoms in total. The molecule has 0 saturated carbocycles. The number of aliphatic hydroxyl groups is 1. The summed E-state index contributed by atoms with van der Waals surface area (Å²) >= 11 is 1.66. The third-order valence-corrected chi connectivity index (χ3v) is 4.50. The van der Waals surface area contributed by atoms with E-state index in [1.165, 1.54) is 0 Å². The van der Waals surface area contributed by atoms with Crippen LogP contribution in [0.4, 0.5) is 0 Å². The van der Waals surface area contributed by atoms with Crippen LogP contribution in [0.15, 0.2) is 5.38 Å². The molecular formula is C14H25NOS. The van der Waals surface area contributed by atoms with Crippen LogP contribution in [0, 0.1) is 5.92 Å². The molecule has 0 radical (unpaired) electrons. The standard InChI is InChI=1S/C14H25NOS/c1-6-10(7-2)8-12(16)11-9-17-13(15-11)14(3,4)5/h9-10,12,16H,6-8H2,1-5H3. The molecule has 1 rings (SSSR count). The highest BCUT2D eigenvalue weighted by molar-refractivity contribution is 7.09. The van der Waals surface area contributed by atoms with Crippen LogP contribution in [-0.2, 0) is 5.41 Å². The third-order valence-electron chi connectivity index (χ3n) is 3.22. The highest BCUT2D eigenvalue weighted by Gasteiger charge is 2.21. The van der Waals surface area contributed by atoms with Gasteiger partial charge in [0, 0.05) is 10.8 Å². The minimum Gasteiger partial charge on any atom is -0.387 e. The summed E-state index contributed by atoms with van der Waals surface area (Å²) in [7, 11) is 0. The quantitative estimate of drug-likeness (QED) is 0.851. The lowest BCUT2D eigenvalue weighted by Gasteiger charge is -2.16. The first kappa shape index (κ1) is 14.7. The molecule has 17 heavy (non-hydrogen) atoms. The van der Waals surface area contributed by atoms with Gasteiger partial charge in [0.2, 0.25) is 0 Å². The summed E-state index contributed by atoms with van der Waals surface area (Å²) in [5.41, 5.74) is 0.934. The SMILES string of the molecule is CCC(CC)CC(O)c1csc(C(C)(C)C)n1. The average molecular weight is 255 g/mol. The molecule has 0 aromatic carbocycles. The molecule has 1 N–H and O–H groups in total. The van der Waals surface area contributed by atoms with Crippen LogP contribution in [0.1, 0.15) is 70.7 Å². The molecule has 0 aliphatic rings. The van der Waals surface area contributed by atoms with Crippen molar-refractivity contribution in [3.05, 3.63) is 16.1 Å². The van der Waals surface area contributed by atoms with Crippen LogP contribution in [0.25, 0.3) is 0 Å². The fraction of sp³-hybridized carbons (Fsp3) is 0.786. The van der Waals surface area contributed by atoms with Crippen molar-refractivity contribution in [2.75, 3.05) is 0 Å². The van der Waals surface area contributed by atoms with E-state index in [2.05, 4.69) is 39.6 Å². The highest BCUT2D eigenvalue weighted by Crippen LogP contribution is 2.30. The minimum atomic E-state index is -0.396. The molecule has 0 saturated heterocycles. The Labute approximate surface area is 109 Å². The molecule has 0 bridgehead atoms. The Bertz CT molecular complexity index is 336. The monoisotopic (exact) mass is 255 g/mol. The van der Waals surface area contributed by atoms with Crippen molar-refractivity contribution in [2.24, 2.45) is 5.92 Å². The van der Waals surface area contributed by atoms with Gasteiger partial charge in [0.25, 0.3) is 0 Å². The Hall–Kier alpha value is -0.410. The van der Waals surface area contributed by atoms with Crippen LogP contribution >= 0.6 is 11.3 Å². The number of rotatable bonds is 5. The topological polar surface area (TPSA) is 33.1 Å². The fourth-order valence-corrected chi connectivity index (χ4v) is 2.80. The number of nitrogens with zero attached hydrogens (tertiary/aromatic N) is 1. The molecule has 1 aromatic rings. The molecule has 1 unspecified atom stereocenters. The van der Waals surface area contributed by atoms with Gasteiger partial charge < -0.3 is 5.11 Å². The van der Waals surface area contributed by atoms with E-state index >= 15 is 0 Å². The lowest BCUT2D eigenvalue weighted by Crippen LogP contribution is -2.12. The predicted octanol–water partition coefficient (Wildman–Crippen LogP) is 4.30. The maximum Gasteiger partial charge on any atom is 0.0983 e. The van der Waals surface area contributed by atoms with Crippen LogP contribution < -0.4 is 0 Å². The summed E-state index contributed by atoms with van der Waals surface area (Å²) in [6.07, 6.45) is 2.70. The van der Waals surface area contributed by atoms with Gasteiger partial charge in [0.05, 0.1) is 16.8 Å². The average Bonchev–Trinajstić information content (AvgIpc) is 2.74. The minimum absolute atomic E-state index is 0.0809. The molecule has 98 valence electrons. The maximum atomic E-state index is 10.2. The summed E-state index contributed by atoms with van der Waals surface area (Å²) in [5, 5.41) is 13.3. The van der Waals surface area contributed by atoms with Crippen LogP contribution in [0.5, 0.6) is 0 Å². The van der Waals surface area contributed by atoms with Crippen molar-refractivity contribution in [3.8, 4) is 0 Å².